The van der Waals surface area contributed by atoms with Gasteiger partial charge in [-0.1, -0.05) is 62.6 Å². The Hall–Kier alpha value is -2.67. The number of esters is 1. The van der Waals surface area contributed by atoms with Crippen molar-refractivity contribution >= 4 is 11.8 Å². The molecule has 7 nitrogen and oxygen atoms in total. The summed E-state index contributed by atoms with van der Waals surface area (Å²) in [4.78, 5) is 27.6. The fraction of sp³-hybridized carbons (Fsp3) is 0.593. The fourth-order valence-electron chi connectivity index (χ4n) is 3.81. The number of allylic oxidation sites excluding steroid dienone is 6. The summed E-state index contributed by atoms with van der Waals surface area (Å²) in [7, 11) is 0. The number of hydrogen-bond acceptors (Lipinski definition) is 6. The lowest BCUT2D eigenvalue weighted by molar-refractivity contribution is -0.148. The first kappa shape index (κ1) is 27.6. The van der Waals surface area contributed by atoms with Crippen molar-refractivity contribution in [3.05, 3.63) is 59.2 Å². The van der Waals surface area contributed by atoms with E-state index < -0.39 is 5.69 Å². The number of aromatic nitrogens is 2. The van der Waals surface area contributed by atoms with Gasteiger partial charge in [-0.3, -0.25) is 9.36 Å². The maximum Gasteiger partial charge on any atom is 0.351 e. The van der Waals surface area contributed by atoms with Crippen LogP contribution in [0.15, 0.2) is 53.5 Å². The number of nitrogens with two attached hydrogens (primary N) is 1. The van der Waals surface area contributed by atoms with Crippen LogP contribution in [0.4, 0.5) is 5.82 Å². The molecular weight excluding hydrogens is 430 g/mol. The standard InChI is InChI=1S/C27H41N3O4/c1-2-3-4-5-6-7-8-9-10-11-12-13-14-15-16-17-26(31)33-22-23-18-19-25(34-23)30-21-20-24(28)29-27(30)32/h3-4,6-7,9-10,20-21,23,25H,2,5,8,11-19,22H2,1H3,(H2,28,29,32)/b4-3-,7-6-,10-9-/t23-,25-/m0/s1. The van der Waals surface area contributed by atoms with Gasteiger partial charge in [0.05, 0.1) is 6.10 Å². The number of nitrogen functional groups attached to an aromatic ring is 1. The fourth-order valence-corrected chi connectivity index (χ4v) is 3.81. The second-order valence-electron chi connectivity index (χ2n) is 8.62. The Morgan fingerprint density at radius 2 is 1.79 bits per heavy atom. The van der Waals surface area contributed by atoms with Crippen molar-refractivity contribution in [2.24, 2.45) is 0 Å². The summed E-state index contributed by atoms with van der Waals surface area (Å²) in [6, 6.07) is 1.57. The minimum absolute atomic E-state index is 0.181. The predicted octanol–water partition coefficient (Wildman–Crippen LogP) is 5.64. The van der Waals surface area contributed by atoms with E-state index in [1.807, 2.05) is 0 Å². The Bertz CT molecular complexity index is 860. The molecule has 188 valence electrons. The van der Waals surface area contributed by atoms with Gasteiger partial charge < -0.3 is 15.2 Å². The Kier molecular flexibility index (Phi) is 13.7. The summed E-state index contributed by atoms with van der Waals surface area (Å²) in [5.74, 6) is 0.00997. The highest BCUT2D eigenvalue weighted by Gasteiger charge is 2.28. The maximum absolute atomic E-state index is 12.0. The lowest BCUT2D eigenvalue weighted by atomic mass is 10.1. The summed E-state index contributed by atoms with van der Waals surface area (Å²) in [5, 5.41) is 0. The van der Waals surface area contributed by atoms with Crippen LogP contribution in [-0.2, 0) is 14.3 Å². The molecule has 2 rings (SSSR count). The van der Waals surface area contributed by atoms with Crippen molar-refractivity contribution in [3.8, 4) is 0 Å². The van der Waals surface area contributed by atoms with E-state index in [0.717, 1.165) is 51.4 Å². The van der Waals surface area contributed by atoms with Gasteiger partial charge in [-0.15, -0.1) is 0 Å². The van der Waals surface area contributed by atoms with Crippen LogP contribution >= 0.6 is 0 Å². The predicted molar refractivity (Wildman–Crippen MR) is 136 cm³/mol. The van der Waals surface area contributed by atoms with Crippen LogP contribution in [0.1, 0.15) is 90.2 Å². The molecule has 2 N–H and O–H groups in total. The zero-order valence-corrected chi connectivity index (χ0v) is 20.6. The van der Waals surface area contributed by atoms with E-state index >= 15 is 0 Å². The van der Waals surface area contributed by atoms with E-state index in [2.05, 4.69) is 48.4 Å². The van der Waals surface area contributed by atoms with Gasteiger partial charge in [0.1, 0.15) is 18.7 Å². The molecule has 1 fully saturated rings. The number of nitrogens with zero attached hydrogens (tertiary/aromatic N) is 2. The average Bonchev–Trinajstić information content (AvgIpc) is 3.29. The lowest BCUT2D eigenvalue weighted by Crippen LogP contribution is -2.28. The third-order valence-electron chi connectivity index (χ3n) is 5.71. The number of unbranched alkanes of at least 4 members (excludes halogenated alkanes) is 5. The number of carbonyl (C=O) groups is 1. The Labute approximate surface area is 203 Å². The monoisotopic (exact) mass is 471 g/mol. The van der Waals surface area contributed by atoms with Gasteiger partial charge in [0.2, 0.25) is 0 Å². The molecule has 2 atom stereocenters. The van der Waals surface area contributed by atoms with Gasteiger partial charge in [-0.2, -0.15) is 4.98 Å². The van der Waals surface area contributed by atoms with E-state index in [1.165, 1.54) is 17.4 Å². The van der Waals surface area contributed by atoms with Crippen molar-refractivity contribution in [1.29, 1.82) is 0 Å². The molecule has 0 amide bonds. The van der Waals surface area contributed by atoms with E-state index in [9.17, 15) is 9.59 Å². The second kappa shape index (κ2) is 16.9. The zero-order valence-electron chi connectivity index (χ0n) is 20.6. The zero-order chi connectivity index (χ0) is 24.4. The molecule has 1 aliphatic rings. The molecule has 0 bridgehead atoms. The molecule has 34 heavy (non-hydrogen) atoms. The highest BCUT2D eigenvalue weighted by atomic mass is 16.6. The smallest absolute Gasteiger partial charge is 0.351 e. The van der Waals surface area contributed by atoms with Gasteiger partial charge in [-0.05, 0) is 57.4 Å². The number of rotatable bonds is 16. The van der Waals surface area contributed by atoms with Crippen LogP contribution in [0.5, 0.6) is 0 Å². The van der Waals surface area contributed by atoms with Gasteiger partial charge in [0.15, 0.2) is 0 Å². The van der Waals surface area contributed by atoms with Crippen LogP contribution in [0.25, 0.3) is 0 Å². The first-order chi connectivity index (χ1) is 16.6. The molecule has 0 aliphatic carbocycles. The Morgan fingerprint density at radius 1 is 1.09 bits per heavy atom. The number of carbonyl (C=O) groups excluding carboxylic acids is 1. The van der Waals surface area contributed by atoms with Crippen LogP contribution in [-0.4, -0.2) is 28.2 Å². The first-order valence-corrected chi connectivity index (χ1v) is 12.7. The third-order valence-corrected chi connectivity index (χ3v) is 5.71. The second-order valence-corrected chi connectivity index (χ2v) is 8.62. The molecular formula is C27H41N3O4. The summed E-state index contributed by atoms with van der Waals surface area (Å²) in [5.41, 5.74) is 5.09. The lowest BCUT2D eigenvalue weighted by Gasteiger charge is -2.15. The highest BCUT2D eigenvalue weighted by Crippen LogP contribution is 2.27. The molecule has 0 radical (unpaired) electrons. The topological polar surface area (TPSA) is 96.4 Å². The largest absolute Gasteiger partial charge is 0.463 e. The molecule has 0 spiro atoms. The van der Waals surface area contributed by atoms with E-state index in [1.54, 1.807) is 12.3 Å². The van der Waals surface area contributed by atoms with Crippen LogP contribution < -0.4 is 11.4 Å². The molecule has 0 unspecified atom stereocenters. The molecule has 0 aromatic carbocycles. The Balaban J connectivity index is 1.44. The minimum Gasteiger partial charge on any atom is -0.463 e. The average molecular weight is 472 g/mol. The van der Waals surface area contributed by atoms with Crippen LogP contribution in [0, 0.1) is 0 Å². The normalized spacial score (nSPS) is 18.5. The number of ether oxygens (including phenoxy) is 2. The summed E-state index contributed by atoms with van der Waals surface area (Å²) in [6.07, 6.45) is 25.8. The quantitative estimate of drug-likeness (QED) is 0.190. The minimum atomic E-state index is -0.429. The molecule has 7 heteroatoms. The number of hydrogen-bond donors (Lipinski definition) is 1. The van der Waals surface area contributed by atoms with Gasteiger partial charge in [-0.25, -0.2) is 4.79 Å². The molecule has 1 aromatic rings. The molecule has 2 heterocycles. The molecule has 1 saturated heterocycles. The first-order valence-electron chi connectivity index (χ1n) is 12.7. The van der Waals surface area contributed by atoms with Gasteiger partial charge >= 0.3 is 11.7 Å². The van der Waals surface area contributed by atoms with Gasteiger partial charge in [0.25, 0.3) is 0 Å². The third kappa shape index (κ3) is 11.5. The molecule has 0 saturated carbocycles. The summed E-state index contributed by atoms with van der Waals surface area (Å²) in [6.45, 7) is 2.37. The van der Waals surface area contributed by atoms with Gasteiger partial charge in [0, 0.05) is 12.6 Å². The van der Waals surface area contributed by atoms with Crippen molar-refractivity contribution in [3.63, 3.8) is 0 Å². The van der Waals surface area contributed by atoms with E-state index in [0.29, 0.717) is 12.8 Å². The summed E-state index contributed by atoms with van der Waals surface area (Å²) >= 11 is 0. The van der Waals surface area contributed by atoms with E-state index in [-0.39, 0.29) is 30.7 Å². The van der Waals surface area contributed by atoms with Crippen molar-refractivity contribution in [1.82, 2.24) is 9.55 Å². The SMILES string of the molecule is CC/C=C\C/C=C\C/C=C\CCCCCCCC(=O)OC[C@@H]1CC[C@@H](n2ccc(N)nc2=O)O1. The van der Waals surface area contributed by atoms with E-state index in [4.69, 9.17) is 15.2 Å². The Morgan fingerprint density at radius 3 is 2.56 bits per heavy atom. The van der Waals surface area contributed by atoms with Crippen molar-refractivity contribution in [2.45, 2.75) is 96.3 Å². The van der Waals surface area contributed by atoms with Crippen LogP contribution in [0.2, 0.25) is 0 Å². The molecule has 1 aliphatic heterocycles. The summed E-state index contributed by atoms with van der Waals surface area (Å²) < 4.78 is 12.6. The van der Waals surface area contributed by atoms with Crippen molar-refractivity contribution in [2.75, 3.05) is 12.3 Å². The highest BCUT2D eigenvalue weighted by molar-refractivity contribution is 5.69. The number of anilines is 1. The molecule has 1 aromatic heterocycles. The maximum atomic E-state index is 12.0. The van der Waals surface area contributed by atoms with Crippen molar-refractivity contribution < 1.29 is 14.3 Å². The van der Waals surface area contributed by atoms with Crippen LogP contribution in [0.3, 0.4) is 0 Å².